The average molecular weight is 340 g/mol. The first kappa shape index (κ1) is 18.2. The molecule has 0 bridgehead atoms. The number of hydrogen-bond acceptors (Lipinski definition) is 3. The van der Waals surface area contributed by atoms with Gasteiger partial charge in [0, 0.05) is 24.8 Å². The van der Waals surface area contributed by atoms with Gasteiger partial charge in [-0.25, -0.2) is 0 Å². The van der Waals surface area contributed by atoms with E-state index in [0.717, 1.165) is 5.56 Å². The van der Waals surface area contributed by atoms with Crippen molar-refractivity contribution < 1.29 is 14.6 Å². The van der Waals surface area contributed by atoms with Crippen LogP contribution in [0.15, 0.2) is 24.3 Å². The van der Waals surface area contributed by atoms with Crippen molar-refractivity contribution in [1.29, 1.82) is 0 Å². The molecule has 0 radical (unpaired) electrons. The number of amides is 1. The number of aliphatic hydroxyl groups excluding tert-OH is 1. The SMILES string of the molecule is CC(C)CC(O)CNC(=O)C1(c2ccc(Cl)cc2)CCOCC1. The molecule has 128 valence electrons. The van der Waals surface area contributed by atoms with Crippen molar-refractivity contribution in [3.63, 3.8) is 0 Å². The molecule has 4 nitrogen and oxygen atoms in total. The van der Waals surface area contributed by atoms with Crippen molar-refractivity contribution in [2.75, 3.05) is 19.8 Å². The Bertz CT molecular complexity index is 510. The summed E-state index contributed by atoms with van der Waals surface area (Å²) in [5.41, 5.74) is 0.362. The van der Waals surface area contributed by atoms with Crippen molar-refractivity contribution in [2.24, 2.45) is 5.92 Å². The number of halogens is 1. The fourth-order valence-electron chi connectivity index (χ4n) is 3.14. The highest BCUT2D eigenvalue weighted by Crippen LogP contribution is 2.35. The monoisotopic (exact) mass is 339 g/mol. The van der Waals surface area contributed by atoms with Gasteiger partial charge >= 0.3 is 0 Å². The van der Waals surface area contributed by atoms with E-state index in [1.807, 2.05) is 24.3 Å². The summed E-state index contributed by atoms with van der Waals surface area (Å²) < 4.78 is 5.44. The number of hydrogen-bond donors (Lipinski definition) is 2. The Balaban J connectivity index is 2.11. The summed E-state index contributed by atoms with van der Waals surface area (Å²) in [5, 5.41) is 13.6. The van der Waals surface area contributed by atoms with Crippen LogP contribution in [0.4, 0.5) is 0 Å². The molecule has 1 fully saturated rings. The van der Waals surface area contributed by atoms with E-state index in [4.69, 9.17) is 16.3 Å². The maximum Gasteiger partial charge on any atom is 0.230 e. The molecule has 1 heterocycles. The van der Waals surface area contributed by atoms with Crippen molar-refractivity contribution >= 4 is 17.5 Å². The number of aliphatic hydroxyl groups is 1. The van der Waals surface area contributed by atoms with E-state index in [9.17, 15) is 9.90 Å². The van der Waals surface area contributed by atoms with Crippen LogP contribution in [0.2, 0.25) is 5.02 Å². The van der Waals surface area contributed by atoms with Gasteiger partial charge in [-0.2, -0.15) is 0 Å². The van der Waals surface area contributed by atoms with Crippen molar-refractivity contribution in [3.8, 4) is 0 Å². The summed E-state index contributed by atoms with van der Waals surface area (Å²) in [5.74, 6) is 0.362. The highest BCUT2D eigenvalue weighted by atomic mass is 35.5. The molecule has 0 aromatic heterocycles. The van der Waals surface area contributed by atoms with Gasteiger partial charge in [0.05, 0.1) is 11.5 Å². The third-order valence-corrected chi connectivity index (χ3v) is 4.67. The lowest BCUT2D eigenvalue weighted by Gasteiger charge is -2.36. The molecule has 23 heavy (non-hydrogen) atoms. The molecule has 1 amide bonds. The van der Waals surface area contributed by atoms with E-state index < -0.39 is 11.5 Å². The number of nitrogens with one attached hydrogen (secondary N) is 1. The molecule has 1 unspecified atom stereocenters. The minimum absolute atomic E-state index is 0.0362. The molecule has 2 rings (SSSR count). The van der Waals surface area contributed by atoms with Crippen molar-refractivity contribution in [1.82, 2.24) is 5.32 Å². The van der Waals surface area contributed by atoms with Crippen molar-refractivity contribution in [3.05, 3.63) is 34.9 Å². The largest absolute Gasteiger partial charge is 0.391 e. The number of ether oxygens (including phenoxy) is 1. The second-order valence-electron chi connectivity index (χ2n) is 6.69. The molecule has 0 aliphatic carbocycles. The predicted molar refractivity (Wildman–Crippen MR) is 91.7 cm³/mol. The normalized spacial score (nSPS) is 18.7. The van der Waals surface area contributed by atoms with Crippen LogP contribution in [0.3, 0.4) is 0 Å². The maximum atomic E-state index is 12.9. The Hall–Kier alpha value is -1.10. The molecule has 1 aromatic carbocycles. The highest BCUT2D eigenvalue weighted by molar-refractivity contribution is 6.30. The Morgan fingerprint density at radius 3 is 2.48 bits per heavy atom. The third kappa shape index (κ3) is 4.69. The van der Waals surface area contributed by atoms with Gasteiger partial charge in [-0.1, -0.05) is 37.6 Å². The number of carbonyl (C=O) groups is 1. The van der Waals surface area contributed by atoms with Gasteiger partial charge in [0.1, 0.15) is 0 Å². The Labute approximate surface area is 143 Å². The first-order chi connectivity index (χ1) is 10.9. The summed E-state index contributed by atoms with van der Waals surface area (Å²) in [7, 11) is 0. The molecule has 5 heteroatoms. The van der Waals surface area contributed by atoms with E-state index in [-0.39, 0.29) is 12.5 Å². The summed E-state index contributed by atoms with van der Waals surface area (Å²) in [4.78, 5) is 12.9. The summed E-state index contributed by atoms with van der Waals surface area (Å²) in [6.07, 6.45) is 1.44. The van der Waals surface area contributed by atoms with Crippen LogP contribution in [-0.4, -0.2) is 36.9 Å². The lowest BCUT2D eigenvalue weighted by molar-refractivity contribution is -0.131. The minimum Gasteiger partial charge on any atom is -0.391 e. The zero-order chi connectivity index (χ0) is 16.9. The standard InChI is InChI=1S/C18H26ClNO3/c1-13(2)11-16(21)12-20-17(22)18(7-9-23-10-8-18)14-3-5-15(19)6-4-14/h3-6,13,16,21H,7-12H2,1-2H3,(H,20,22). The molecular weight excluding hydrogens is 314 g/mol. The van der Waals surface area contributed by atoms with Crippen LogP contribution in [0, 0.1) is 5.92 Å². The summed E-state index contributed by atoms with van der Waals surface area (Å²) in [6.45, 7) is 5.51. The van der Waals surface area contributed by atoms with E-state index >= 15 is 0 Å². The molecule has 1 aliphatic rings. The number of benzene rings is 1. The van der Waals surface area contributed by atoms with Crippen LogP contribution in [0.1, 0.15) is 38.7 Å². The first-order valence-electron chi connectivity index (χ1n) is 8.24. The Morgan fingerprint density at radius 1 is 1.30 bits per heavy atom. The zero-order valence-electron chi connectivity index (χ0n) is 13.8. The quantitative estimate of drug-likeness (QED) is 0.837. The van der Waals surface area contributed by atoms with Crippen LogP contribution in [0.25, 0.3) is 0 Å². The maximum absolute atomic E-state index is 12.9. The van der Waals surface area contributed by atoms with Gasteiger partial charge < -0.3 is 15.2 Å². The van der Waals surface area contributed by atoms with Gasteiger partial charge in [0.2, 0.25) is 5.91 Å². The van der Waals surface area contributed by atoms with Crippen LogP contribution >= 0.6 is 11.6 Å². The summed E-state index contributed by atoms with van der Waals surface area (Å²) in [6, 6.07) is 7.46. The van der Waals surface area contributed by atoms with Gasteiger partial charge in [0.25, 0.3) is 0 Å². The number of rotatable bonds is 6. The van der Waals surface area contributed by atoms with E-state index in [1.54, 1.807) is 0 Å². The van der Waals surface area contributed by atoms with E-state index in [1.165, 1.54) is 0 Å². The Morgan fingerprint density at radius 2 is 1.91 bits per heavy atom. The predicted octanol–water partition coefficient (Wildman–Crippen LogP) is 2.91. The molecule has 1 saturated heterocycles. The molecule has 0 saturated carbocycles. The molecule has 1 atom stereocenters. The number of carbonyl (C=O) groups excluding carboxylic acids is 1. The third-order valence-electron chi connectivity index (χ3n) is 4.42. The lowest BCUT2D eigenvalue weighted by Crippen LogP contribution is -2.49. The summed E-state index contributed by atoms with van der Waals surface area (Å²) >= 11 is 5.97. The zero-order valence-corrected chi connectivity index (χ0v) is 14.6. The smallest absolute Gasteiger partial charge is 0.230 e. The fourth-order valence-corrected chi connectivity index (χ4v) is 3.27. The molecule has 2 N–H and O–H groups in total. The highest BCUT2D eigenvalue weighted by Gasteiger charge is 2.41. The fraction of sp³-hybridized carbons (Fsp3) is 0.611. The first-order valence-corrected chi connectivity index (χ1v) is 8.62. The van der Waals surface area contributed by atoms with E-state index in [0.29, 0.717) is 43.4 Å². The second-order valence-corrected chi connectivity index (χ2v) is 7.13. The van der Waals surface area contributed by atoms with Crippen LogP contribution in [0.5, 0.6) is 0 Å². The topological polar surface area (TPSA) is 58.6 Å². The second kappa shape index (κ2) is 8.13. The van der Waals surface area contributed by atoms with Gasteiger partial charge in [-0.3, -0.25) is 4.79 Å². The van der Waals surface area contributed by atoms with Crippen molar-refractivity contribution in [2.45, 2.75) is 44.6 Å². The van der Waals surface area contributed by atoms with Crippen LogP contribution < -0.4 is 5.32 Å². The van der Waals surface area contributed by atoms with Crippen LogP contribution in [-0.2, 0) is 14.9 Å². The van der Waals surface area contributed by atoms with Gasteiger partial charge in [-0.15, -0.1) is 0 Å². The van der Waals surface area contributed by atoms with Gasteiger partial charge in [0.15, 0.2) is 0 Å². The molecule has 1 aromatic rings. The Kier molecular flexibility index (Phi) is 6.45. The molecule has 1 aliphatic heterocycles. The molecular formula is C18H26ClNO3. The minimum atomic E-state index is -0.597. The lowest BCUT2D eigenvalue weighted by atomic mass is 9.73. The average Bonchev–Trinajstić information content (AvgIpc) is 2.53. The van der Waals surface area contributed by atoms with E-state index in [2.05, 4.69) is 19.2 Å². The molecule has 0 spiro atoms. The van der Waals surface area contributed by atoms with Gasteiger partial charge in [-0.05, 0) is 42.9 Å².